The molecule has 2 aromatic carbocycles. The number of rotatable bonds is 4. The molecule has 1 atom stereocenters. The van der Waals surface area contributed by atoms with Crippen LogP contribution in [0, 0.1) is 0 Å². The minimum absolute atomic E-state index is 0.0468. The van der Waals surface area contributed by atoms with E-state index in [0.29, 0.717) is 34.9 Å². The van der Waals surface area contributed by atoms with Gasteiger partial charge in [-0.05, 0) is 42.8 Å². The van der Waals surface area contributed by atoms with E-state index in [2.05, 4.69) is 10.1 Å². The molecule has 0 spiro atoms. The number of aromatic nitrogens is 3. The number of nitrogens with zero attached hydrogens (tertiary/aromatic N) is 3. The summed E-state index contributed by atoms with van der Waals surface area (Å²) < 4.78 is 1.54. The van der Waals surface area contributed by atoms with E-state index in [1.807, 2.05) is 12.2 Å². The summed E-state index contributed by atoms with van der Waals surface area (Å²) >= 11 is 0. The molecular weight excluding hydrogens is 358 g/mol. The van der Waals surface area contributed by atoms with Gasteiger partial charge in [-0.2, -0.15) is 0 Å². The van der Waals surface area contributed by atoms with Crippen LogP contribution in [0.15, 0.2) is 66.8 Å². The Hall–Kier alpha value is -3.71. The molecule has 3 N–H and O–H groups in total. The van der Waals surface area contributed by atoms with Gasteiger partial charge < -0.3 is 15.3 Å². The van der Waals surface area contributed by atoms with Gasteiger partial charge >= 0.3 is 5.97 Å². The van der Waals surface area contributed by atoms with Crippen LogP contribution >= 0.6 is 0 Å². The second kappa shape index (κ2) is 7.13. The van der Waals surface area contributed by atoms with Gasteiger partial charge in [0.15, 0.2) is 11.6 Å². The maximum atomic E-state index is 11.1. The highest BCUT2D eigenvalue weighted by Gasteiger charge is 2.23. The lowest BCUT2D eigenvalue weighted by molar-refractivity contribution is 0.0697. The molecule has 7 nitrogen and oxygen atoms in total. The molecule has 0 saturated heterocycles. The smallest absolute Gasteiger partial charge is 0.335 e. The average molecular weight is 375 g/mol. The number of aliphatic hydroxyl groups is 1. The third kappa shape index (κ3) is 3.19. The fraction of sp³-hybridized carbons (Fsp3) is 0.0952. The quantitative estimate of drug-likeness (QED) is 0.647. The van der Waals surface area contributed by atoms with Crippen molar-refractivity contribution < 1.29 is 20.1 Å². The SMILES string of the molecule is O=C(O)c1ccc(-n2nc(-c3ccccc3O)nc2C2=CC=CCC2O)cc1. The number of carboxylic acids is 1. The zero-order valence-corrected chi connectivity index (χ0v) is 14.7. The third-order valence-corrected chi connectivity index (χ3v) is 4.50. The van der Waals surface area contributed by atoms with E-state index in [4.69, 9.17) is 5.11 Å². The highest BCUT2D eigenvalue weighted by molar-refractivity contribution is 5.87. The third-order valence-electron chi connectivity index (χ3n) is 4.50. The summed E-state index contributed by atoms with van der Waals surface area (Å²) in [6, 6.07) is 13.0. The molecule has 1 aliphatic carbocycles. The average Bonchev–Trinajstić information content (AvgIpc) is 3.13. The molecule has 7 heteroatoms. The first-order valence-corrected chi connectivity index (χ1v) is 8.69. The molecule has 0 radical (unpaired) electrons. The van der Waals surface area contributed by atoms with E-state index in [1.165, 1.54) is 12.1 Å². The minimum Gasteiger partial charge on any atom is -0.507 e. The largest absolute Gasteiger partial charge is 0.507 e. The van der Waals surface area contributed by atoms with Crippen molar-refractivity contribution in [2.75, 3.05) is 0 Å². The lowest BCUT2D eigenvalue weighted by Crippen LogP contribution is -2.14. The number of para-hydroxylation sites is 1. The van der Waals surface area contributed by atoms with Crippen molar-refractivity contribution in [1.82, 2.24) is 14.8 Å². The molecule has 0 aliphatic heterocycles. The molecule has 4 rings (SSSR count). The molecule has 0 saturated carbocycles. The van der Waals surface area contributed by atoms with Gasteiger partial charge in [0.1, 0.15) is 5.75 Å². The van der Waals surface area contributed by atoms with Crippen LogP contribution in [-0.2, 0) is 0 Å². The fourth-order valence-electron chi connectivity index (χ4n) is 3.04. The van der Waals surface area contributed by atoms with Crippen LogP contribution in [0.2, 0.25) is 0 Å². The number of aliphatic hydroxyl groups excluding tert-OH is 1. The Bertz CT molecular complexity index is 1100. The first-order chi connectivity index (χ1) is 13.5. The molecular formula is C21H17N3O4. The number of phenolic OH excluding ortho intramolecular Hbond substituents is 1. The van der Waals surface area contributed by atoms with Crippen LogP contribution in [-0.4, -0.2) is 42.2 Å². The molecule has 1 aromatic heterocycles. The zero-order valence-electron chi connectivity index (χ0n) is 14.7. The van der Waals surface area contributed by atoms with Crippen molar-refractivity contribution in [1.29, 1.82) is 0 Å². The molecule has 0 amide bonds. The van der Waals surface area contributed by atoms with Gasteiger partial charge in [0.05, 0.1) is 22.9 Å². The first kappa shape index (κ1) is 17.7. The second-order valence-corrected chi connectivity index (χ2v) is 6.34. The molecule has 1 aliphatic rings. The number of allylic oxidation sites excluding steroid dienone is 2. The number of carbonyl (C=O) groups is 1. The number of aromatic carboxylic acids is 1. The maximum Gasteiger partial charge on any atom is 0.335 e. The van der Waals surface area contributed by atoms with Crippen LogP contribution < -0.4 is 0 Å². The van der Waals surface area contributed by atoms with Gasteiger partial charge in [-0.1, -0.05) is 30.4 Å². The topological polar surface area (TPSA) is 108 Å². The fourth-order valence-corrected chi connectivity index (χ4v) is 3.04. The van der Waals surface area contributed by atoms with Crippen molar-refractivity contribution in [2.45, 2.75) is 12.5 Å². The Balaban J connectivity index is 1.88. The van der Waals surface area contributed by atoms with E-state index >= 15 is 0 Å². The Morgan fingerprint density at radius 2 is 1.86 bits per heavy atom. The van der Waals surface area contributed by atoms with E-state index in [0.717, 1.165) is 0 Å². The Morgan fingerprint density at radius 1 is 1.11 bits per heavy atom. The predicted octanol–water partition coefficient (Wildman–Crippen LogP) is 3.04. The lowest BCUT2D eigenvalue weighted by atomic mass is 10.0. The van der Waals surface area contributed by atoms with Gasteiger partial charge in [0, 0.05) is 5.57 Å². The number of aromatic hydroxyl groups is 1. The van der Waals surface area contributed by atoms with Crippen molar-refractivity contribution in [2.24, 2.45) is 0 Å². The molecule has 0 fully saturated rings. The summed E-state index contributed by atoms with van der Waals surface area (Å²) in [7, 11) is 0. The Labute approximate surface area is 160 Å². The number of hydrogen-bond acceptors (Lipinski definition) is 5. The van der Waals surface area contributed by atoms with E-state index < -0.39 is 12.1 Å². The highest BCUT2D eigenvalue weighted by Crippen LogP contribution is 2.31. The number of phenols is 1. The van der Waals surface area contributed by atoms with Gasteiger partial charge in [0.25, 0.3) is 0 Å². The van der Waals surface area contributed by atoms with Crippen LogP contribution in [0.1, 0.15) is 22.6 Å². The monoisotopic (exact) mass is 375 g/mol. The molecule has 1 unspecified atom stereocenters. The molecule has 140 valence electrons. The van der Waals surface area contributed by atoms with Crippen molar-refractivity contribution in [3.63, 3.8) is 0 Å². The molecule has 28 heavy (non-hydrogen) atoms. The van der Waals surface area contributed by atoms with E-state index in [1.54, 1.807) is 47.2 Å². The number of hydrogen-bond donors (Lipinski definition) is 3. The van der Waals surface area contributed by atoms with Crippen molar-refractivity contribution in [3.05, 3.63) is 78.1 Å². The molecule has 1 heterocycles. The van der Waals surface area contributed by atoms with Crippen LogP contribution in [0.5, 0.6) is 5.75 Å². The normalized spacial score (nSPS) is 16.0. The first-order valence-electron chi connectivity index (χ1n) is 8.69. The summed E-state index contributed by atoms with van der Waals surface area (Å²) in [5, 5.41) is 34.2. The van der Waals surface area contributed by atoms with Crippen molar-refractivity contribution >= 4 is 11.5 Å². The van der Waals surface area contributed by atoms with Crippen LogP contribution in [0.3, 0.4) is 0 Å². The van der Waals surface area contributed by atoms with Gasteiger partial charge in [-0.25, -0.2) is 14.5 Å². The summed E-state index contributed by atoms with van der Waals surface area (Å²) in [4.78, 5) is 15.7. The van der Waals surface area contributed by atoms with Crippen LogP contribution in [0.25, 0.3) is 22.6 Å². The molecule has 0 bridgehead atoms. The number of benzene rings is 2. The summed E-state index contributed by atoms with van der Waals surface area (Å²) in [5.74, 6) is -0.238. The summed E-state index contributed by atoms with van der Waals surface area (Å²) in [6.07, 6.45) is 5.20. The van der Waals surface area contributed by atoms with Crippen molar-refractivity contribution in [3.8, 4) is 22.8 Å². The Kier molecular flexibility index (Phi) is 4.50. The summed E-state index contributed by atoms with van der Waals surface area (Å²) in [5.41, 5.74) is 1.81. The highest BCUT2D eigenvalue weighted by atomic mass is 16.4. The summed E-state index contributed by atoms with van der Waals surface area (Å²) in [6.45, 7) is 0. The standard InChI is InChI=1S/C21H17N3O4/c25-17-7-3-1-5-15(17)19-22-20(16-6-2-4-8-18(16)26)24(23-19)14-11-9-13(10-12-14)21(27)28/h1-7,9-12,18,25-26H,8H2,(H,27,28). The van der Waals surface area contributed by atoms with Gasteiger partial charge in [0.2, 0.25) is 0 Å². The molecule has 3 aromatic rings. The second-order valence-electron chi connectivity index (χ2n) is 6.34. The van der Waals surface area contributed by atoms with Gasteiger partial charge in [-0.15, -0.1) is 5.10 Å². The zero-order chi connectivity index (χ0) is 19.7. The predicted molar refractivity (Wildman–Crippen MR) is 103 cm³/mol. The number of carboxylic acid groups (broad SMARTS) is 1. The minimum atomic E-state index is -1.02. The Morgan fingerprint density at radius 3 is 2.54 bits per heavy atom. The van der Waals surface area contributed by atoms with Crippen LogP contribution in [0.4, 0.5) is 0 Å². The lowest BCUT2D eigenvalue weighted by Gasteiger charge is -2.16. The maximum absolute atomic E-state index is 11.1. The van der Waals surface area contributed by atoms with E-state index in [-0.39, 0.29) is 11.3 Å². The van der Waals surface area contributed by atoms with E-state index in [9.17, 15) is 15.0 Å². The van der Waals surface area contributed by atoms with Gasteiger partial charge in [-0.3, -0.25) is 0 Å².